The summed E-state index contributed by atoms with van der Waals surface area (Å²) in [7, 11) is 0. The molecule has 1 aliphatic rings. The van der Waals surface area contributed by atoms with Gasteiger partial charge in [0.1, 0.15) is 12.6 Å². The van der Waals surface area contributed by atoms with Crippen LogP contribution in [0.1, 0.15) is 20.8 Å². The Morgan fingerprint density at radius 1 is 1.27 bits per heavy atom. The topological polar surface area (TPSA) is 68.4 Å². The zero-order valence-corrected chi connectivity index (χ0v) is 9.63. The van der Waals surface area contributed by atoms with E-state index in [1.54, 1.807) is 0 Å². The summed E-state index contributed by atoms with van der Waals surface area (Å²) >= 11 is 0. The number of nitrogens with zero attached hydrogens (tertiary/aromatic N) is 1. The number of amides is 2. The van der Waals surface area contributed by atoms with Crippen LogP contribution < -0.4 is 21.3 Å². The zero-order valence-electron chi connectivity index (χ0n) is 9.63. The molecule has 1 fully saturated rings. The van der Waals surface area contributed by atoms with Gasteiger partial charge in [0.2, 0.25) is 0 Å². The molecular weight excluding hydrogens is 194 g/mol. The van der Waals surface area contributed by atoms with Crippen LogP contribution in [0, 0.1) is 0 Å². The maximum atomic E-state index is 11.4. The van der Waals surface area contributed by atoms with E-state index < -0.39 is 0 Å². The predicted molar refractivity (Wildman–Crippen MR) is 59.0 cm³/mol. The Kier molecular flexibility index (Phi) is 4.80. The van der Waals surface area contributed by atoms with Crippen LogP contribution in [0.5, 0.6) is 0 Å². The molecule has 0 aliphatic carbocycles. The minimum atomic E-state index is -0.158. The van der Waals surface area contributed by atoms with Gasteiger partial charge in [-0.1, -0.05) is 20.8 Å². The van der Waals surface area contributed by atoms with Crippen LogP contribution in [-0.2, 0) is 0 Å². The average molecular weight is 215 g/mol. The number of hydrogen-bond donors (Lipinski definition) is 4. The second-order valence-electron chi connectivity index (χ2n) is 3.40. The molecule has 0 saturated carbocycles. The molecule has 0 radical (unpaired) electrons. The fourth-order valence-corrected chi connectivity index (χ4v) is 1.64. The summed E-state index contributed by atoms with van der Waals surface area (Å²) in [6.07, 6.45) is -0.257. The number of rotatable bonds is 5. The van der Waals surface area contributed by atoms with Crippen molar-refractivity contribution in [3.05, 3.63) is 0 Å². The van der Waals surface area contributed by atoms with Gasteiger partial charge in [0.05, 0.1) is 0 Å². The molecular formula is C9H21N5O. The smallest absolute Gasteiger partial charge is 0.310 e. The van der Waals surface area contributed by atoms with Crippen LogP contribution in [0.3, 0.4) is 0 Å². The van der Waals surface area contributed by atoms with E-state index in [0.29, 0.717) is 0 Å². The Labute approximate surface area is 90.8 Å². The first kappa shape index (κ1) is 12.2. The van der Waals surface area contributed by atoms with Crippen molar-refractivity contribution in [1.29, 1.82) is 0 Å². The number of carbonyl (C=O) groups is 1. The fourth-order valence-electron chi connectivity index (χ4n) is 1.64. The van der Waals surface area contributed by atoms with Gasteiger partial charge in [-0.2, -0.15) is 0 Å². The molecule has 0 aromatic rings. The SMILES string of the molecule is CCNC1NC(=O)NC(N(CC)CC)N1. The third-order valence-corrected chi connectivity index (χ3v) is 2.45. The second kappa shape index (κ2) is 5.89. The molecule has 1 saturated heterocycles. The maximum absolute atomic E-state index is 11.4. The highest BCUT2D eigenvalue weighted by atomic mass is 16.2. The summed E-state index contributed by atoms with van der Waals surface area (Å²) in [5.74, 6) is 0. The summed E-state index contributed by atoms with van der Waals surface area (Å²) in [6, 6.07) is -0.142. The van der Waals surface area contributed by atoms with Crippen molar-refractivity contribution in [3.8, 4) is 0 Å². The van der Waals surface area contributed by atoms with Gasteiger partial charge in [0, 0.05) is 0 Å². The van der Waals surface area contributed by atoms with Crippen molar-refractivity contribution in [2.75, 3.05) is 19.6 Å². The monoisotopic (exact) mass is 215 g/mol. The molecule has 0 aromatic carbocycles. The Hall–Kier alpha value is -0.850. The van der Waals surface area contributed by atoms with Crippen LogP contribution in [-0.4, -0.2) is 43.1 Å². The number of urea groups is 1. The Morgan fingerprint density at radius 2 is 1.93 bits per heavy atom. The van der Waals surface area contributed by atoms with E-state index in [-0.39, 0.29) is 18.6 Å². The van der Waals surface area contributed by atoms with Crippen molar-refractivity contribution in [3.63, 3.8) is 0 Å². The van der Waals surface area contributed by atoms with Crippen LogP contribution in [0.15, 0.2) is 0 Å². The molecule has 2 atom stereocenters. The van der Waals surface area contributed by atoms with Crippen LogP contribution in [0.25, 0.3) is 0 Å². The number of carbonyl (C=O) groups excluding carboxylic acids is 1. The third-order valence-electron chi connectivity index (χ3n) is 2.45. The standard InChI is InChI=1S/C9H21N5O/c1-4-10-7-11-8(13-9(15)12-7)14(5-2)6-3/h7-8,10-11H,4-6H2,1-3H3,(H2,12,13,15). The minimum absolute atomic E-state index is 0.0993. The second-order valence-corrected chi connectivity index (χ2v) is 3.40. The highest BCUT2D eigenvalue weighted by Gasteiger charge is 2.26. The molecule has 1 rings (SSSR count). The summed E-state index contributed by atoms with van der Waals surface area (Å²) in [5, 5.41) is 12.0. The Morgan fingerprint density at radius 3 is 2.47 bits per heavy atom. The van der Waals surface area contributed by atoms with Gasteiger partial charge in [0.25, 0.3) is 0 Å². The van der Waals surface area contributed by atoms with E-state index >= 15 is 0 Å². The molecule has 15 heavy (non-hydrogen) atoms. The van der Waals surface area contributed by atoms with E-state index in [9.17, 15) is 4.79 Å². The van der Waals surface area contributed by atoms with Crippen LogP contribution in [0.4, 0.5) is 4.79 Å². The van der Waals surface area contributed by atoms with Crippen molar-refractivity contribution >= 4 is 6.03 Å². The van der Waals surface area contributed by atoms with Gasteiger partial charge in [0.15, 0.2) is 0 Å². The largest absolute Gasteiger partial charge is 0.319 e. The van der Waals surface area contributed by atoms with Crippen molar-refractivity contribution < 1.29 is 4.79 Å². The molecule has 0 spiro atoms. The van der Waals surface area contributed by atoms with E-state index in [1.807, 2.05) is 6.92 Å². The van der Waals surface area contributed by atoms with Gasteiger partial charge in [-0.05, 0) is 19.6 Å². The fraction of sp³-hybridized carbons (Fsp3) is 0.889. The molecule has 0 bridgehead atoms. The zero-order chi connectivity index (χ0) is 11.3. The predicted octanol–water partition coefficient (Wildman–Crippen LogP) is -0.593. The van der Waals surface area contributed by atoms with Gasteiger partial charge in [-0.3, -0.25) is 15.5 Å². The molecule has 0 aromatic heterocycles. The molecule has 2 unspecified atom stereocenters. The Balaban J connectivity index is 2.53. The molecule has 1 aliphatic heterocycles. The van der Waals surface area contributed by atoms with Crippen molar-refractivity contribution in [2.45, 2.75) is 33.4 Å². The first-order valence-corrected chi connectivity index (χ1v) is 5.51. The highest BCUT2D eigenvalue weighted by Crippen LogP contribution is 1.96. The normalized spacial score (nSPS) is 26.3. The molecule has 88 valence electrons. The summed E-state index contributed by atoms with van der Waals surface area (Å²) < 4.78 is 0. The van der Waals surface area contributed by atoms with Crippen LogP contribution >= 0.6 is 0 Å². The van der Waals surface area contributed by atoms with Crippen molar-refractivity contribution in [2.24, 2.45) is 0 Å². The quantitative estimate of drug-likeness (QED) is 0.495. The van der Waals surface area contributed by atoms with Gasteiger partial charge < -0.3 is 10.6 Å². The molecule has 1 heterocycles. The first-order chi connectivity index (χ1) is 7.21. The lowest BCUT2D eigenvalue weighted by molar-refractivity contribution is 0.104. The van der Waals surface area contributed by atoms with E-state index in [1.165, 1.54) is 0 Å². The Bertz CT molecular complexity index is 207. The molecule has 4 N–H and O–H groups in total. The highest BCUT2D eigenvalue weighted by molar-refractivity contribution is 5.75. The lowest BCUT2D eigenvalue weighted by atomic mass is 10.4. The third kappa shape index (κ3) is 3.33. The molecule has 6 nitrogen and oxygen atoms in total. The number of nitrogens with one attached hydrogen (secondary N) is 4. The van der Waals surface area contributed by atoms with Gasteiger partial charge >= 0.3 is 6.03 Å². The lowest BCUT2D eigenvalue weighted by Gasteiger charge is -2.38. The average Bonchev–Trinajstić information content (AvgIpc) is 2.19. The van der Waals surface area contributed by atoms with E-state index in [4.69, 9.17) is 0 Å². The first-order valence-electron chi connectivity index (χ1n) is 5.51. The van der Waals surface area contributed by atoms with Gasteiger partial charge in [-0.25, -0.2) is 4.79 Å². The van der Waals surface area contributed by atoms with Gasteiger partial charge in [-0.15, -0.1) is 0 Å². The van der Waals surface area contributed by atoms with Crippen molar-refractivity contribution in [1.82, 2.24) is 26.2 Å². The minimum Gasteiger partial charge on any atom is -0.310 e. The summed E-state index contributed by atoms with van der Waals surface area (Å²) in [4.78, 5) is 13.5. The van der Waals surface area contributed by atoms with E-state index in [0.717, 1.165) is 19.6 Å². The van der Waals surface area contributed by atoms with Crippen LogP contribution in [0.2, 0.25) is 0 Å². The lowest BCUT2D eigenvalue weighted by Crippen LogP contribution is -2.73. The van der Waals surface area contributed by atoms with E-state index in [2.05, 4.69) is 40.0 Å². The molecule has 2 amide bonds. The molecule has 6 heteroatoms. The number of hydrogen-bond acceptors (Lipinski definition) is 4. The maximum Gasteiger partial charge on any atom is 0.319 e. The summed E-state index contributed by atoms with van der Waals surface area (Å²) in [5.41, 5.74) is 0. The summed E-state index contributed by atoms with van der Waals surface area (Å²) in [6.45, 7) is 8.75.